The number of benzene rings is 1. The minimum Gasteiger partial charge on any atom is -0.507 e. The molecule has 0 radical (unpaired) electrons. The van der Waals surface area contributed by atoms with Gasteiger partial charge in [-0.25, -0.2) is 0 Å². The summed E-state index contributed by atoms with van der Waals surface area (Å²) in [7, 11) is 0. The van der Waals surface area contributed by atoms with Gasteiger partial charge in [0.1, 0.15) is 5.76 Å². The highest BCUT2D eigenvalue weighted by Crippen LogP contribution is 2.44. The summed E-state index contributed by atoms with van der Waals surface area (Å²) in [6, 6.07) is 7.90. The molecular weight excluding hydrogens is 372 g/mol. The van der Waals surface area contributed by atoms with Gasteiger partial charge in [0, 0.05) is 24.0 Å². The summed E-state index contributed by atoms with van der Waals surface area (Å²) in [5.41, 5.74) is 1.21. The van der Waals surface area contributed by atoms with Gasteiger partial charge in [0.25, 0.3) is 11.7 Å². The Bertz CT molecular complexity index is 1010. The molecule has 1 aliphatic carbocycles. The first-order valence-corrected chi connectivity index (χ1v) is 9.75. The quantitative estimate of drug-likeness (QED) is 0.490. The summed E-state index contributed by atoms with van der Waals surface area (Å²) in [5, 5.41) is 11.1. The molecule has 2 aromatic rings. The van der Waals surface area contributed by atoms with Crippen LogP contribution in [0.15, 0.2) is 48.3 Å². The van der Waals surface area contributed by atoms with Crippen LogP contribution >= 0.6 is 0 Å². The number of likely N-dealkylation sites (tertiary alicyclic amines) is 1. The molecule has 2 fully saturated rings. The number of pyridine rings is 1. The van der Waals surface area contributed by atoms with Crippen LogP contribution in [0.5, 0.6) is 11.5 Å². The molecule has 1 N–H and O–H groups in total. The molecule has 1 unspecified atom stereocenters. The summed E-state index contributed by atoms with van der Waals surface area (Å²) < 4.78 is 10.7. The number of amides is 1. The number of carbonyl (C=O) groups excluding carboxylic acids is 2. The number of aliphatic hydroxyl groups excluding tert-OH is 1. The second kappa shape index (κ2) is 6.92. The van der Waals surface area contributed by atoms with Crippen LogP contribution in [-0.2, 0) is 9.59 Å². The first-order valence-electron chi connectivity index (χ1n) is 9.75. The molecule has 0 bridgehead atoms. The fraction of sp³-hybridized carbons (Fsp3) is 0.318. The molecule has 2 aliphatic heterocycles. The van der Waals surface area contributed by atoms with E-state index in [-0.39, 0.29) is 24.2 Å². The number of aromatic nitrogens is 1. The molecule has 3 heterocycles. The van der Waals surface area contributed by atoms with E-state index in [2.05, 4.69) is 4.98 Å². The van der Waals surface area contributed by atoms with Crippen LogP contribution in [0.3, 0.4) is 0 Å². The summed E-state index contributed by atoms with van der Waals surface area (Å²) in [6.07, 6.45) is 7.04. The lowest BCUT2D eigenvalue weighted by molar-refractivity contribution is -0.141. The predicted octanol–water partition coefficient (Wildman–Crippen LogP) is 3.17. The lowest BCUT2D eigenvalue weighted by atomic mass is 9.95. The van der Waals surface area contributed by atoms with Gasteiger partial charge in [0.2, 0.25) is 6.79 Å². The average molecular weight is 392 g/mol. The van der Waals surface area contributed by atoms with Gasteiger partial charge in [-0.15, -0.1) is 0 Å². The molecule has 3 aliphatic rings. The Hall–Kier alpha value is -3.35. The van der Waals surface area contributed by atoms with Crippen molar-refractivity contribution >= 4 is 17.4 Å². The molecule has 1 aromatic carbocycles. The SMILES string of the molecule is O=C1C(=O)N(C2CCCC2)C(c2cccnc2)/C1=C(/O)c1ccc2c(c1)OCO2. The zero-order valence-corrected chi connectivity index (χ0v) is 15.7. The zero-order chi connectivity index (χ0) is 20.0. The van der Waals surface area contributed by atoms with E-state index in [1.807, 2.05) is 6.07 Å². The van der Waals surface area contributed by atoms with E-state index in [4.69, 9.17) is 9.47 Å². The highest BCUT2D eigenvalue weighted by molar-refractivity contribution is 6.46. The van der Waals surface area contributed by atoms with E-state index >= 15 is 0 Å². The van der Waals surface area contributed by atoms with Crippen LogP contribution in [-0.4, -0.2) is 39.5 Å². The van der Waals surface area contributed by atoms with Gasteiger partial charge in [-0.1, -0.05) is 18.9 Å². The fourth-order valence-electron chi connectivity index (χ4n) is 4.47. The lowest BCUT2D eigenvalue weighted by Gasteiger charge is -2.30. The van der Waals surface area contributed by atoms with E-state index < -0.39 is 17.7 Å². The summed E-state index contributed by atoms with van der Waals surface area (Å²) >= 11 is 0. The standard InChI is InChI=1S/C22H20N2O5/c25-20(13-7-8-16-17(10-13)29-12-28-16)18-19(14-4-3-9-23-11-14)24(22(27)21(18)26)15-5-1-2-6-15/h3-4,7-11,15,19,25H,1-2,5-6,12H2/b20-18-. The number of Topliss-reactive ketones (excluding diaryl/α,β-unsaturated/α-hetero) is 1. The number of nitrogens with zero attached hydrogens (tertiary/aromatic N) is 2. The smallest absolute Gasteiger partial charge is 0.295 e. The lowest BCUT2D eigenvalue weighted by Crippen LogP contribution is -2.37. The Labute approximate surface area is 167 Å². The third kappa shape index (κ3) is 2.85. The van der Waals surface area contributed by atoms with Crippen molar-refractivity contribution in [3.05, 3.63) is 59.4 Å². The van der Waals surface area contributed by atoms with Crippen LogP contribution < -0.4 is 9.47 Å². The number of hydrogen-bond acceptors (Lipinski definition) is 6. The van der Waals surface area contributed by atoms with Crippen LogP contribution in [0.4, 0.5) is 0 Å². The number of rotatable bonds is 3. The molecule has 7 nitrogen and oxygen atoms in total. The maximum absolute atomic E-state index is 13.0. The Balaban J connectivity index is 1.65. The molecule has 0 spiro atoms. The second-order valence-electron chi connectivity index (χ2n) is 7.50. The Morgan fingerprint density at radius 1 is 1.10 bits per heavy atom. The average Bonchev–Trinajstić information content (AvgIpc) is 3.48. The van der Waals surface area contributed by atoms with Crippen LogP contribution in [0, 0.1) is 0 Å². The third-order valence-electron chi connectivity index (χ3n) is 5.84. The Morgan fingerprint density at radius 2 is 1.90 bits per heavy atom. The van der Waals surface area contributed by atoms with Gasteiger partial charge in [0.05, 0.1) is 11.6 Å². The molecule has 1 atom stereocenters. The van der Waals surface area contributed by atoms with Crippen molar-refractivity contribution in [3.8, 4) is 11.5 Å². The molecule has 7 heteroatoms. The van der Waals surface area contributed by atoms with Crippen molar-refractivity contribution in [1.29, 1.82) is 0 Å². The molecule has 29 heavy (non-hydrogen) atoms. The molecule has 1 saturated carbocycles. The summed E-state index contributed by atoms with van der Waals surface area (Å²) in [4.78, 5) is 31.8. The van der Waals surface area contributed by atoms with Crippen molar-refractivity contribution in [3.63, 3.8) is 0 Å². The maximum atomic E-state index is 13.0. The first-order chi connectivity index (χ1) is 14.1. The van der Waals surface area contributed by atoms with Crippen molar-refractivity contribution in [1.82, 2.24) is 9.88 Å². The Morgan fingerprint density at radius 3 is 2.66 bits per heavy atom. The van der Waals surface area contributed by atoms with Crippen LogP contribution in [0.1, 0.15) is 42.9 Å². The zero-order valence-electron chi connectivity index (χ0n) is 15.7. The molecule has 1 aromatic heterocycles. The van der Waals surface area contributed by atoms with Crippen molar-refractivity contribution < 1.29 is 24.2 Å². The Kier molecular flexibility index (Phi) is 4.23. The number of ether oxygens (including phenoxy) is 2. The molecule has 5 rings (SSSR count). The van der Waals surface area contributed by atoms with Gasteiger partial charge in [-0.05, 0) is 42.7 Å². The van der Waals surface area contributed by atoms with Gasteiger partial charge in [-0.3, -0.25) is 14.6 Å². The van der Waals surface area contributed by atoms with Crippen molar-refractivity contribution in [2.75, 3.05) is 6.79 Å². The first kappa shape index (κ1) is 17.7. The highest BCUT2D eigenvalue weighted by atomic mass is 16.7. The number of ketones is 1. The van der Waals surface area contributed by atoms with E-state index in [1.165, 1.54) is 0 Å². The normalized spacial score (nSPS) is 23.2. The largest absolute Gasteiger partial charge is 0.507 e. The second-order valence-corrected chi connectivity index (χ2v) is 7.50. The van der Waals surface area contributed by atoms with Crippen LogP contribution in [0.2, 0.25) is 0 Å². The van der Waals surface area contributed by atoms with Crippen molar-refractivity contribution in [2.45, 2.75) is 37.8 Å². The number of fused-ring (bicyclic) bond motifs is 1. The molecule has 148 valence electrons. The number of hydrogen-bond donors (Lipinski definition) is 1. The van der Waals surface area contributed by atoms with Gasteiger partial charge >= 0.3 is 0 Å². The van der Waals surface area contributed by atoms with E-state index in [1.54, 1.807) is 41.6 Å². The van der Waals surface area contributed by atoms with Crippen molar-refractivity contribution in [2.24, 2.45) is 0 Å². The monoisotopic (exact) mass is 392 g/mol. The maximum Gasteiger partial charge on any atom is 0.295 e. The highest BCUT2D eigenvalue weighted by Gasteiger charge is 2.49. The number of aliphatic hydroxyl groups is 1. The van der Waals surface area contributed by atoms with E-state index in [0.717, 1.165) is 25.7 Å². The fourth-order valence-corrected chi connectivity index (χ4v) is 4.47. The minimum atomic E-state index is -0.666. The predicted molar refractivity (Wildman–Crippen MR) is 103 cm³/mol. The molecular formula is C22H20N2O5. The topological polar surface area (TPSA) is 89.0 Å². The molecule has 1 saturated heterocycles. The minimum absolute atomic E-state index is 0.0151. The van der Waals surface area contributed by atoms with Gasteiger partial charge in [-0.2, -0.15) is 0 Å². The van der Waals surface area contributed by atoms with E-state index in [0.29, 0.717) is 22.6 Å². The summed E-state index contributed by atoms with van der Waals surface area (Å²) in [5.74, 6) is -0.362. The van der Waals surface area contributed by atoms with Gasteiger partial charge in [0.15, 0.2) is 11.5 Å². The van der Waals surface area contributed by atoms with Crippen LogP contribution in [0.25, 0.3) is 5.76 Å². The number of carbonyl (C=O) groups is 2. The van der Waals surface area contributed by atoms with E-state index in [9.17, 15) is 14.7 Å². The third-order valence-corrected chi connectivity index (χ3v) is 5.84. The molecule has 1 amide bonds. The van der Waals surface area contributed by atoms with Gasteiger partial charge < -0.3 is 19.5 Å². The summed E-state index contributed by atoms with van der Waals surface area (Å²) in [6.45, 7) is 0.112.